The zero-order valence-electron chi connectivity index (χ0n) is 12.4. The zero-order chi connectivity index (χ0) is 17.4. The second kappa shape index (κ2) is 8.37. The highest BCUT2D eigenvalue weighted by Crippen LogP contribution is 2.26. The maximum absolute atomic E-state index is 11.8. The highest BCUT2D eigenvalue weighted by Gasteiger charge is 2.23. The van der Waals surface area contributed by atoms with Crippen molar-refractivity contribution in [2.45, 2.75) is 0 Å². The number of hydrogen-bond acceptors (Lipinski definition) is 10. The molecule has 2 aromatic rings. The molecule has 0 aliphatic carbocycles. The molecule has 1 aliphatic heterocycles. The van der Waals surface area contributed by atoms with Gasteiger partial charge < -0.3 is 15.9 Å². The smallest absolute Gasteiger partial charge is 0.345 e. The summed E-state index contributed by atoms with van der Waals surface area (Å²) in [5.74, 6) is 0.0591. The Labute approximate surface area is 135 Å². The van der Waals surface area contributed by atoms with Crippen molar-refractivity contribution in [2.75, 3.05) is 23.6 Å². The summed E-state index contributed by atoms with van der Waals surface area (Å²) < 4.78 is 0. The fraction of sp³-hybridized carbons (Fsp3) is 0.182. The number of tetrazole rings is 1. The number of aromatic amines is 1. The molecule has 2 heterocycles. The molecule has 7 N–H and O–H groups in total. The van der Waals surface area contributed by atoms with Gasteiger partial charge >= 0.3 is 6.03 Å². The minimum Gasteiger partial charge on any atom is -0.506 e. The number of hydrogen-bond donors (Lipinski definition) is 6. The number of aromatic nitrogens is 4. The van der Waals surface area contributed by atoms with Gasteiger partial charge in [-0.25, -0.2) is 4.79 Å². The van der Waals surface area contributed by atoms with Crippen LogP contribution in [0.25, 0.3) is 0 Å². The molecule has 0 bridgehead atoms. The lowest BCUT2D eigenvalue weighted by molar-refractivity contribution is 0.223. The average molecular weight is 336 g/mol. The summed E-state index contributed by atoms with van der Waals surface area (Å²) in [4.78, 5) is 11.8. The number of nitrogens with zero attached hydrogens (tertiary/aromatic N) is 6. The molecule has 128 valence electrons. The predicted octanol–water partition coefficient (Wildman–Crippen LogP) is -1.44. The lowest BCUT2D eigenvalue weighted by Gasteiger charge is -2.18. The first-order valence-corrected chi connectivity index (χ1v) is 6.68. The van der Waals surface area contributed by atoms with E-state index in [-0.39, 0.29) is 18.3 Å². The molecule has 2 amide bonds. The lowest BCUT2D eigenvalue weighted by atomic mass is 10.3. The number of nitrogens with two attached hydrogens (primary N) is 1. The number of H-pyrrole nitrogens is 1. The third kappa shape index (κ3) is 4.35. The number of anilines is 2. The number of phenolic OH excluding ortho intramolecular Hbond substituents is 1. The van der Waals surface area contributed by atoms with Crippen LogP contribution >= 0.6 is 0 Å². The van der Waals surface area contributed by atoms with Crippen molar-refractivity contribution in [3.8, 4) is 5.75 Å². The van der Waals surface area contributed by atoms with E-state index >= 15 is 0 Å². The first-order chi connectivity index (χ1) is 11.7. The summed E-state index contributed by atoms with van der Waals surface area (Å²) in [7, 11) is 0. The number of rotatable bonds is 3. The number of aliphatic hydroxyl groups is 1. The number of carbonyl (C=O) groups excluding carboxylic acids is 1. The summed E-state index contributed by atoms with van der Waals surface area (Å²) in [6.45, 7) is 0.472. The quantitative estimate of drug-likeness (QED) is 0.391. The summed E-state index contributed by atoms with van der Waals surface area (Å²) in [6.07, 6.45) is 1.24. The van der Waals surface area contributed by atoms with Crippen molar-refractivity contribution in [1.29, 1.82) is 0 Å². The molecule has 0 fully saturated rings. The molecule has 13 heteroatoms. The molecular weight excluding hydrogens is 320 g/mol. The molecule has 3 rings (SSSR count). The Kier molecular flexibility index (Phi) is 5.95. The summed E-state index contributed by atoms with van der Waals surface area (Å²) in [6, 6.07) is 6.00. The molecule has 24 heavy (non-hydrogen) atoms. The van der Waals surface area contributed by atoms with E-state index in [1.807, 2.05) is 0 Å². The molecule has 1 aliphatic rings. The topological polar surface area (TPSA) is 181 Å². The molecule has 0 saturated heterocycles. The van der Waals surface area contributed by atoms with Crippen LogP contribution < -0.4 is 21.7 Å². The van der Waals surface area contributed by atoms with Gasteiger partial charge in [0.25, 0.3) is 5.95 Å². The second-order valence-electron chi connectivity index (χ2n) is 4.18. The van der Waals surface area contributed by atoms with E-state index in [0.29, 0.717) is 12.2 Å². The van der Waals surface area contributed by atoms with Crippen molar-refractivity contribution < 1.29 is 15.0 Å². The number of aromatic hydroxyl groups is 1. The normalized spacial score (nSPS) is 12.8. The van der Waals surface area contributed by atoms with Crippen molar-refractivity contribution >= 4 is 24.0 Å². The Hall–Kier alpha value is -3.29. The van der Waals surface area contributed by atoms with Crippen molar-refractivity contribution in [3.05, 3.63) is 24.3 Å². The SMILES string of the molecule is NCCO.O=C(Nc1nn[nH]n1)N1C=NN(c2ccccc2O)N1. The summed E-state index contributed by atoms with van der Waals surface area (Å²) in [5, 5.41) is 38.8. The third-order valence-electron chi connectivity index (χ3n) is 2.51. The number of urea groups is 1. The highest BCUT2D eigenvalue weighted by molar-refractivity contribution is 5.95. The van der Waals surface area contributed by atoms with Crippen molar-refractivity contribution in [2.24, 2.45) is 10.8 Å². The number of carbonyl (C=O) groups is 1. The maximum atomic E-state index is 11.8. The number of hydrazone groups is 1. The summed E-state index contributed by atoms with van der Waals surface area (Å²) in [5.41, 5.74) is 7.83. The van der Waals surface area contributed by atoms with Gasteiger partial charge in [-0.2, -0.15) is 15.3 Å². The standard InChI is InChI=1S/C9H9N9O2.C2H7NO/c19-7-4-2-1-3-6(7)18-10-5-17(16-18)9(20)11-8-12-14-15-13-8;3-1-2-4/h1-5,16,19H,(H2,11,12,13,14,15,20);4H,1-3H2. The van der Waals surface area contributed by atoms with E-state index in [4.69, 9.17) is 10.8 Å². The molecule has 0 spiro atoms. The molecule has 1 aromatic carbocycles. The van der Waals surface area contributed by atoms with E-state index < -0.39 is 6.03 Å². The summed E-state index contributed by atoms with van der Waals surface area (Å²) >= 11 is 0. The van der Waals surface area contributed by atoms with Gasteiger partial charge in [0, 0.05) is 6.54 Å². The Balaban J connectivity index is 0.000000471. The number of phenols is 1. The van der Waals surface area contributed by atoms with Crippen LogP contribution in [0.1, 0.15) is 0 Å². The molecule has 0 atom stereocenters. The maximum Gasteiger partial charge on any atom is 0.345 e. The number of benzene rings is 1. The van der Waals surface area contributed by atoms with Gasteiger partial charge in [-0.3, -0.25) is 5.32 Å². The number of para-hydroxylation sites is 2. The lowest BCUT2D eigenvalue weighted by Crippen LogP contribution is -2.46. The van der Waals surface area contributed by atoms with Crippen LogP contribution in [0.4, 0.5) is 16.4 Å². The van der Waals surface area contributed by atoms with Gasteiger partial charge in [-0.15, -0.1) is 15.7 Å². The number of amides is 2. The molecule has 0 saturated carbocycles. The first kappa shape index (κ1) is 17.1. The highest BCUT2D eigenvalue weighted by atomic mass is 16.3. The Morgan fingerprint density at radius 3 is 2.75 bits per heavy atom. The van der Waals surface area contributed by atoms with E-state index in [0.717, 1.165) is 5.01 Å². The fourth-order valence-corrected chi connectivity index (χ4v) is 1.48. The van der Waals surface area contributed by atoms with Crippen LogP contribution in [0, 0.1) is 0 Å². The van der Waals surface area contributed by atoms with E-state index in [2.05, 4.69) is 36.6 Å². The first-order valence-electron chi connectivity index (χ1n) is 6.68. The third-order valence-corrected chi connectivity index (χ3v) is 2.51. The van der Waals surface area contributed by atoms with Crippen LogP contribution in [0.5, 0.6) is 5.75 Å². The van der Waals surface area contributed by atoms with Crippen molar-refractivity contribution in [1.82, 2.24) is 31.2 Å². The van der Waals surface area contributed by atoms with Gasteiger partial charge in [-0.05, 0) is 17.3 Å². The Bertz CT molecular complexity index is 674. The van der Waals surface area contributed by atoms with Crippen molar-refractivity contribution in [3.63, 3.8) is 0 Å². The molecule has 0 radical (unpaired) electrons. The van der Waals surface area contributed by atoms with E-state index in [9.17, 15) is 9.90 Å². The van der Waals surface area contributed by atoms with E-state index in [1.165, 1.54) is 17.5 Å². The Morgan fingerprint density at radius 2 is 2.12 bits per heavy atom. The number of aliphatic hydroxyl groups excluding tert-OH is 1. The molecule has 0 unspecified atom stereocenters. The predicted molar refractivity (Wildman–Crippen MR) is 83.4 cm³/mol. The van der Waals surface area contributed by atoms with Crippen LogP contribution in [0.2, 0.25) is 0 Å². The van der Waals surface area contributed by atoms with Gasteiger partial charge in [0.1, 0.15) is 17.8 Å². The number of hydrazine groups is 2. The van der Waals surface area contributed by atoms with E-state index in [1.54, 1.807) is 18.2 Å². The molecular formula is C11H16N10O3. The largest absolute Gasteiger partial charge is 0.506 e. The van der Waals surface area contributed by atoms with Gasteiger partial charge in [0.2, 0.25) is 0 Å². The van der Waals surface area contributed by atoms with Crippen LogP contribution in [-0.4, -0.2) is 61.4 Å². The minimum atomic E-state index is -0.562. The zero-order valence-corrected chi connectivity index (χ0v) is 12.4. The molecule has 13 nitrogen and oxygen atoms in total. The number of nitrogens with one attached hydrogen (secondary N) is 3. The van der Waals surface area contributed by atoms with Gasteiger partial charge in [0.05, 0.1) is 6.61 Å². The second-order valence-corrected chi connectivity index (χ2v) is 4.18. The molecule has 1 aromatic heterocycles. The van der Waals surface area contributed by atoms with Crippen LogP contribution in [0.3, 0.4) is 0 Å². The van der Waals surface area contributed by atoms with Gasteiger partial charge in [0.15, 0.2) is 0 Å². The average Bonchev–Trinajstić information content (AvgIpc) is 3.27. The van der Waals surface area contributed by atoms with Gasteiger partial charge in [-0.1, -0.05) is 17.2 Å². The Morgan fingerprint density at radius 1 is 1.38 bits per heavy atom. The fourth-order valence-electron chi connectivity index (χ4n) is 1.48. The monoisotopic (exact) mass is 336 g/mol. The van der Waals surface area contributed by atoms with Crippen LogP contribution in [0.15, 0.2) is 29.4 Å². The minimum absolute atomic E-state index is 0.0255. The van der Waals surface area contributed by atoms with Crippen LogP contribution in [-0.2, 0) is 0 Å².